The molecule has 0 saturated carbocycles. The molecule has 0 spiro atoms. The summed E-state index contributed by atoms with van der Waals surface area (Å²) in [5.74, 6) is -0.868. The second-order valence-electron chi connectivity index (χ2n) is 10.7. The Labute approximate surface area is 242 Å². The molecule has 0 unspecified atom stereocenters. The largest absolute Gasteiger partial charge is 0.350 e. The van der Waals surface area contributed by atoms with Crippen LogP contribution in [-0.4, -0.2) is 61.7 Å². The minimum Gasteiger partial charge on any atom is -0.350 e. The van der Waals surface area contributed by atoms with Crippen molar-refractivity contribution in [2.45, 2.75) is 45.3 Å². The van der Waals surface area contributed by atoms with E-state index < -0.39 is 34.2 Å². The molecule has 1 N–H and O–H groups in total. The number of carbonyl (C=O) groups is 2. The normalized spacial score (nSPS) is 12.6. The second-order valence-corrected chi connectivity index (χ2v) is 13.2. The molecule has 1 atom stereocenters. The number of anilines is 1. The Hall–Kier alpha value is -3.40. The first-order valence-corrected chi connectivity index (χ1v) is 14.7. The minimum absolute atomic E-state index is 0.0547. The number of benzene rings is 3. The van der Waals surface area contributed by atoms with E-state index in [9.17, 15) is 18.0 Å². The molecule has 40 heavy (non-hydrogen) atoms. The average Bonchev–Trinajstić information content (AvgIpc) is 2.89. The van der Waals surface area contributed by atoms with E-state index in [0.29, 0.717) is 16.3 Å². The summed E-state index contributed by atoms with van der Waals surface area (Å²) >= 11 is 6.25. The SMILES string of the molecule is CN(C)S(=O)(=O)N(CC(=O)N(Cc1cccc(Cl)c1)[C@@H](Cc1ccccc1)C(=O)NC(C)(C)C)c1ccccc1. The Balaban J connectivity index is 2.10. The number of nitrogens with zero attached hydrogens (tertiary/aromatic N) is 3. The maximum atomic E-state index is 14.2. The van der Waals surface area contributed by atoms with Gasteiger partial charge in [-0.15, -0.1) is 0 Å². The van der Waals surface area contributed by atoms with Gasteiger partial charge in [-0.05, 0) is 56.2 Å². The Morgan fingerprint density at radius 3 is 2.00 bits per heavy atom. The highest BCUT2D eigenvalue weighted by molar-refractivity contribution is 7.90. The third kappa shape index (κ3) is 8.55. The minimum atomic E-state index is -4.04. The van der Waals surface area contributed by atoms with E-state index in [1.807, 2.05) is 57.2 Å². The van der Waals surface area contributed by atoms with Crippen LogP contribution in [0.1, 0.15) is 31.9 Å². The molecule has 0 aliphatic carbocycles. The van der Waals surface area contributed by atoms with Gasteiger partial charge in [0.1, 0.15) is 12.6 Å². The highest BCUT2D eigenvalue weighted by Crippen LogP contribution is 2.22. The van der Waals surface area contributed by atoms with E-state index in [1.165, 1.54) is 19.0 Å². The number of hydrogen-bond acceptors (Lipinski definition) is 4. The molecule has 2 amide bonds. The molecule has 0 radical (unpaired) electrons. The lowest BCUT2D eigenvalue weighted by atomic mass is 10.0. The first-order chi connectivity index (χ1) is 18.8. The van der Waals surface area contributed by atoms with Crippen LogP contribution in [0.4, 0.5) is 5.69 Å². The van der Waals surface area contributed by atoms with Crippen LogP contribution < -0.4 is 9.62 Å². The van der Waals surface area contributed by atoms with Crippen molar-refractivity contribution in [1.29, 1.82) is 0 Å². The van der Waals surface area contributed by atoms with Gasteiger partial charge in [0.2, 0.25) is 11.8 Å². The Bertz CT molecular complexity index is 1390. The molecule has 0 fully saturated rings. The number of amides is 2. The summed E-state index contributed by atoms with van der Waals surface area (Å²) in [6.07, 6.45) is 0.237. The summed E-state index contributed by atoms with van der Waals surface area (Å²) in [6, 6.07) is 24.0. The first-order valence-electron chi connectivity index (χ1n) is 12.9. The molecule has 0 saturated heterocycles. The molecule has 3 aromatic carbocycles. The van der Waals surface area contributed by atoms with Crippen LogP contribution in [0.2, 0.25) is 5.02 Å². The Morgan fingerprint density at radius 2 is 1.45 bits per heavy atom. The number of nitrogens with one attached hydrogen (secondary N) is 1. The fourth-order valence-electron chi connectivity index (χ4n) is 4.15. The molecule has 3 rings (SSSR count). The van der Waals surface area contributed by atoms with Crippen molar-refractivity contribution in [2.75, 3.05) is 24.9 Å². The topological polar surface area (TPSA) is 90.0 Å². The van der Waals surface area contributed by atoms with Crippen molar-refractivity contribution in [1.82, 2.24) is 14.5 Å². The predicted octanol–water partition coefficient (Wildman–Crippen LogP) is 4.51. The van der Waals surface area contributed by atoms with Crippen LogP contribution in [0.15, 0.2) is 84.9 Å². The molecular formula is C30H37ClN4O4S. The fourth-order valence-corrected chi connectivity index (χ4v) is 5.42. The van der Waals surface area contributed by atoms with Gasteiger partial charge < -0.3 is 10.2 Å². The zero-order valence-corrected chi connectivity index (χ0v) is 25.1. The lowest BCUT2D eigenvalue weighted by Crippen LogP contribution is -2.56. The molecule has 0 aliphatic rings. The molecule has 0 aromatic heterocycles. The zero-order chi connectivity index (χ0) is 29.5. The van der Waals surface area contributed by atoms with Crippen LogP contribution in [0.3, 0.4) is 0 Å². The highest BCUT2D eigenvalue weighted by Gasteiger charge is 2.35. The summed E-state index contributed by atoms with van der Waals surface area (Å²) in [5.41, 5.74) is 1.36. The number of carbonyl (C=O) groups excluding carboxylic acids is 2. The monoisotopic (exact) mass is 584 g/mol. The molecule has 10 heteroatoms. The Morgan fingerprint density at radius 1 is 0.875 bits per heavy atom. The molecule has 214 valence electrons. The van der Waals surface area contributed by atoms with Crippen LogP contribution >= 0.6 is 11.6 Å². The maximum Gasteiger partial charge on any atom is 0.304 e. The summed E-state index contributed by atoms with van der Waals surface area (Å²) in [6.45, 7) is 5.16. The van der Waals surface area contributed by atoms with Gasteiger partial charge in [0.15, 0.2) is 0 Å². The van der Waals surface area contributed by atoms with Gasteiger partial charge in [0, 0.05) is 37.6 Å². The third-order valence-electron chi connectivity index (χ3n) is 6.07. The van der Waals surface area contributed by atoms with E-state index >= 15 is 0 Å². The van der Waals surface area contributed by atoms with Crippen molar-refractivity contribution in [3.8, 4) is 0 Å². The van der Waals surface area contributed by atoms with Gasteiger partial charge in [-0.25, -0.2) is 4.31 Å². The standard InChI is InChI=1S/C30H37ClN4O4S/c1-30(2,3)32-29(37)27(20-23-13-8-6-9-14-23)34(21-24-15-12-16-25(31)19-24)28(36)22-35(40(38,39)33(4)5)26-17-10-7-11-18-26/h6-19,27H,20-22H2,1-5H3,(H,32,37)/t27-/m0/s1. The van der Waals surface area contributed by atoms with Crippen molar-refractivity contribution in [2.24, 2.45) is 0 Å². The van der Waals surface area contributed by atoms with Crippen LogP contribution in [0.5, 0.6) is 0 Å². The van der Waals surface area contributed by atoms with Gasteiger partial charge >= 0.3 is 10.2 Å². The molecule has 0 heterocycles. The fraction of sp³-hybridized carbons (Fsp3) is 0.333. The quantitative estimate of drug-likeness (QED) is 0.359. The predicted molar refractivity (Wildman–Crippen MR) is 160 cm³/mol. The van der Waals surface area contributed by atoms with Gasteiger partial charge in [-0.2, -0.15) is 12.7 Å². The van der Waals surface area contributed by atoms with E-state index in [2.05, 4.69) is 5.32 Å². The van der Waals surface area contributed by atoms with Gasteiger partial charge in [0.25, 0.3) is 0 Å². The number of para-hydroxylation sites is 1. The van der Waals surface area contributed by atoms with E-state index in [-0.39, 0.29) is 18.9 Å². The lowest BCUT2D eigenvalue weighted by Gasteiger charge is -2.35. The van der Waals surface area contributed by atoms with Crippen molar-refractivity contribution in [3.63, 3.8) is 0 Å². The van der Waals surface area contributed by atoms with Crippen molar-refractivity contribution in [3.05, 3.63) is 101 Å². The maximum absolute atomic E-state index is 14.2. The van der Waals surface area contributed by atoms with Gasteiger partial charge in [0.05, 0.1) is 5.69 Å². The first kappa shape index (κ1) is 31.1. The molecular weight excluding hydrogens is 548 g/mol. The lowest BCUT2D eigenvalue weighted by molar-refractivity contribution is -0.140. The van der Waals surface area contributed by atoms with Crippen LogP contribution in [0.25, 0.3) is 0 Å². The third-order valence-corrected chi connectivity index (χ3v) is 8.13. The molecule has 8 nitrogen and oxygen atoms in total. The number of halogens is 1. The number of hydrogen-bond donors (Lipinski definition) is 1. The Kier molecular flexibility index (Phi) is 10.4. The van der Waals surface area contributed by atoms with E-state index in [0.717, 1.165) is 14.2 Å². The highest BCUT2D eigenvalue weighted by atomic mass is 35.5. The van der Waals surface area contributed by atoms with Gasteiger partial charge in [-0.1, -0.05) is 72.3 Å². The molecule has 0 aliphatic heterocycles. The van der Waals surface area contributed by atoms with E-state index in [1.54, 1.807) is 48.5 Å². The summed E-state index contributed by atoms with van der Waals surface area (Å²) < 4.78 is 28.8. The zero-order valence-electron chi connectivity index (χ0n) is 23.5. The smallest absolute Gasteiger partial charge is 0.304 e. The van der Waals surface area contributed by atoms with Gasteiger partial charge in [-0.3, -0.25) is 9.59 Å². The average molecular weight is 585 g/mol. The summed E-state index contributed by atoms with van der Waals surface area (Å²) in [7, 11) is -1.21. The summed E-state index contributed by atoms with van der Waals surface area (Å²) in [4.78, 5) is 29.4. The van der Waals surface area contributed by atoms with Crippen LogP contribution in [-0.2, 0) is 32.8 Å². The van der Waals surface area contributed by atoms with Crippen LogP contribution in [0, 0.1) is 0 Å². The number of rotatable bonds is 11. The van der Waals surface area contributed by atoms with Crippen molar-refractivity contribution >= 4 is 39.3 Å². The van der Waals surface area contributed by atoms with Crippen molar-refractivity contribution < 1.29 is 18.0 Å². The van der Waals surface area contributed by atoms with E-state index in [4.69, 9.17) is 11.6 Å². The second kappa shape index (κ2) is 13.3. The molecule has 0 bridgehead atoms. The molecule has 3 aromatic rings. The summed E-state index contributed by atoms with van der Waals surface area (Å²) in [5, 5.41) is 3.50.